The maximum absolute atomic E-state index is 9.01. The molecular formula is C20H15NO. The highest BCUT2D eigenvalue weighted by atomic mass is 16.5. The fourth-order valence-electron chi connectivity index (χ4n) is 1.97. The Kier molecular flexibility index (Phi) is 5.19. The van der Waals surface area contributed by atoms with Crippen LogP contribution in [0.25, 0.3) is 5.57 Å². The number of benzene rings is 1. The van der Waals surface area contributed by atoms with E-state index >= 15 is 0 Å². The summed E-state index contributed by atoms with van der Waals surface area (Å²) in [6.45, 7) is 3.73. The third-order valence-electron chi connectivity index (χ3n) is 3.01. The standard InChI is InChI=1S/C20H15NO/c1-16(15-21)13-19(18-11-7-4-8-12-18)20(22-2)14-17-9-5-3-6-10-17/h4-5,7-14H,1H2,2H3/b19-13-,20-14-. The van der Waals surface area contributed by atoms with Crippen molar-refractivity contribution in [2.45, 2.75) is 0 Å². The van der Waals surface area contributed by atoms with Crippen molar-refractivity contribution in [3.63, 3.8) is 0 Å². The Labute approximate surface area is 130 Å². The minimum absolute atomic E-state index is 0.370. The Bertz CT molecular complexity index is 801. The highest BCUT2D eigenvalue weighted by Gasteiger charge is 2.10. The molecule has 0 aliphatic heterocycles. The first-order valence-corrected chi connectivity index (χ1v) is 6.74. The third-order valence-corrected chi connectivity index (χ3v) is 3.01. The molecule has 0 saturated heterocycles. The molecule has 0 heterocycles. The lowest BCUT2D eigenvalue weighted by Gasteiger charge is -2.12. The van der Waals surface area contributed by atoms with Crippen LogP contribution in [0.1, 0.15) is 5.56 Å². The van der Waals surface area contributed by atoms with Crippen molar-refractivity contribution in [3.05, 3.63) is 101 Å². The molecule has 1 aliphatic rings. The summed E-state index contributed by atoms with van der Waals surface area (Å²) >= 11 is 0. The molecule has 0 amide bonds. The molecule has 0 N–H and O–H groups in total. The first-order chi connectivity index (χ1) is 10.7. The van der Waals surface area contributed by atoms with Crippen molar-refractivity contribution in [2.24, 2.45) is 0 Å². The van der Waals surface area contributed by atoms with Gasteiger partial charge in [0.1, 0.15) is 5.76 Å². The van der Waals surface area contributed by atoms with Crippen molar-refractivity contribution in [1.29, 1.82) is 5.26 Å². The molecule has 0 bridgehead atoms. The van der Waals surface area contributed by atoms with Crippen molar-refractivity contribution in [3.8, 4) is 6.07 Å². The van der Waals surface area contributed by atoms with Crippen molar-refractivity contribution in [1.82, 2.24) is 0 Å². The molecule has 106 valence electrons. The van der Waals surface area contributed by atoms with E-state index < -0.39 is 0 Å². The summed E-state index contributed by atoms with van der Waals surface area (Å²) in [5.41, 5.74) is 8.85. The Hall–Kier alpha value is -3.23. The fraction of sp³-hybridized carbons (Fsp3) is 0.0500. The predicted octanol–water partition coefficient (Wildman–Crippen LogP) is 4.49. The largest absolute Gasteiger partial charge is 0.496 e. The minimum atomic E-state index is 0.370. The number of hydrogen-bond donors (Lipinski definition) is 0. The van der Waals surface area contributed by atoms with E-state index in [-0.39, 0.29) is 0 Å². The first-order valence-electron chi connectivity index (χ1n) is 6.74. The van der Waals surface area contributed by atoms with Crippen LogP contribution < -0.4 is 0 Å². The van der Waals surface area contributed by atoms with Gasteiger partial charge in [0.15, 0.2) is 0 Å². The van der Waals surface area contributed by atoms with Crippen LogP contribution in [0.2, 0.25) is 0 Å². The Balaban J connectivity index is 2.50. The predicted molar refractivity (Wildman–Crippen MR) is 88.5 cm³/mol. The first kappa shape index (κ1) is 15.2. The monoisotopic (exact) mass is 285 g/mol. The molecule has 0 atom stereocenters. The van der Waals surface area contributed by atoms with Gasteiger partial charge < -0.3 is 4.74 Å². The average Bonchev–Trinajstić information content (AvgIpc) is 2.59. The van der Waals surface area contributed by atoms with E-state index in [1.165, 1.54) is 0 Å². The summed E-state index contributed by atoms with van der Waals surface area (Å²) < 4.78 is 5.53. The number of hydrogen-bond acceptors (Lipinski definition) is 2. The van der Waals surface area contributed by atoms with Gasteiger partial charge in [0.25, 0.3) is 0 Å². The van der Waals surface area contributed by atoms with E-state index in [2.05, 4.69) is 18.0 Å². The molecule has 1 aromatic carbocycles. The zero-order chi connectivity index (χ0) is 15.8. The quantitative estimate of drug-likeness (QED) is 0.346. The van der Waals surface area contributed by atoms with Gasteiger partial charge in [-0.2, -0.15) is 5.26 Å². The summed E-state index contributed by atoms with van der Waals surface area (Å²) in [4.78, 5) is 0. The second-order valence-corrected chi connectivity index (χ2v) is 4.54. The number of nitrogens with zero attached hydrogens (tertiary/aromatic N) is 1. The second kappa shape index (κ2) is 7.53. The van der Waals surface area contributed by atoms with E-state index in [1.54, 1.807) is 19.3 Å². The van der Waals surface area contributed by atoms with Gasteiger partial charge in [-0.1, -0.05) is 48.4 Å². The van der Waals surface area contributed by atoms with Crippen LogP contribution in [-0.4, -0.2) is 7.11 Å². The summed E-state index contributed by atoms with van der Waals surface area (Å²) in [6, 6.07) is 11.8. The van der Waals surface area contributed by atoms with Gasteiger partial charge in [-0.15, -0.1) is 0 Å². The average molecular weight is 285 g/mol. The van der Waals surface area contributed by atoms with Crippen LogP contribution in [-0.2, 0) is 4.74 Å². The molecular weight excluding hydrogens is 270 g/mol. The van der Waals surface area contributed by atoms with Gasteiger partial charge in [0.05, 0.1) is 13.2 Å². The molecule has 2 heteroatoms. The lowest BCUT2D eigenvalue weighted by atomic mass is 10.00. The summed E-state index contributed by atoms with van der Waals surface area (Å²) in [5, 5.41) is 9.01. The van der Waals surface area contributed by atoms with Crippen LogP contribution in [0.4, 0.5) is 0 Å². The number of allylic oxidation sites excluding steroid dienone is 8. The van der Waals surface area contributed by atoms with Crippen LogP contribution in [0.3, 0.4) is 0 Å². The zero-order valence-electron chi connectivity index (χ0n) is 12.3. The molecule has 1 aliphatic carbocycles. The zero-order valence-corrected chi connectivity index (χ0v) is 12.3. The fourth-order valence-corrected chi connectivity index (χ4v) is 1.97. The van der Waals surface area contributed by atoms with E-state index in [4.69, 9.17) is 10.00 Å². The molecule has 0 spiro atoms. The van der Waals surface area contributed by atoms with Gasteiger partial charge in [0, 0.05) is 11.1 Å². The van der Waals surface area contributed by atoms with Gasteiger partial charge in [-0.3, -0.25) is 0 Å². The van der Waals surface area contributed by atoms with Crippen molar-refractivity contribution < 1.29 is 4.74 Å². The van der Waals surface area contributed by atoms with Crippen molar-refractivity contribution >= 4 is 5.57 Å². The number of nitriles is 1. The molecule has 0 fully saturated rings. The van der Waals surface area contributed by atoms with Crippen LogP contribution in [0, 0.1) is 11.3 Å². The number of ether oxygens (including phenoxy) is 1. The molecule has 2 nitrogen and oxygen atoms in total. The van der Waals surface area contributed by atoms with E-state index in [1.807, 2.05) is 54.6 Å². The summed E-state index contributed by atoms with van der Waals surface area (Å²) in [7, 11) is 1.61. The molecule has 0 aromatic heterocycles. The van der Waals surface area contributed by atoms with Crippen LogP contribution in [0.5, 0.6) is 0 Å². The van der Waals surface area contributed by atoms with Crippen molar-refractivity contribution in [2.75, 3.05) is 7.11 Å². The number of rotatable bonds is 5. The highest BCUT2D eigenvalue weighted by Crippen LogP contribution is 2.26. The Morgan fingerprint density at radius 1 is 1.27 bits per heavy atom. The molecule has 0 radical (unpaired) electrons. The molecule has 2 rings (SSSR count). The SMILES string of the molecule is C=C(C#N)/C=C(\C(=C\C1=CC=C=C=C1)OC)c1ccccc1. The van der Waals surface area contributed by atoms with E-state index in [9.17, 15) is 0 Å². The van der Waals surface area contributed by atoms with Gasteiger partial charge in [-0.25, -0.2) is 0 Å². The van der Waals surface area contributed by atoms with Gasteiger partial charge >= 0.3 is 0 Å². The third kappa shape index (κ3) is 3.88. The maximum atomic E-state index is 9.01. The molecule has 22 heavy (non-hydrogen) atoms. The summed E-state index contributed by atoms with van der Waals surface area (Å²) in [5.74, 6) is 0.655. The lowest BCUT2D eigenvalue weighted by molar-refractivity contribution is 0.311. The molecule has 1 aromatic rings. The van der Waals surface area contributed by atoms with E-state index in [0.29, 0.717) is 11.3 Å². The van der Waals surface area contributed by atoms with Gasteiger partial charge in [-0.05, 0) is 41.5 Å². The minimum Gasteiger partial charge on any atom is -0.496 e. The summed E-state index contributed by atoms with van der Waals surface area (Å²) in [6.07, 6.45) is 9.15. The van der Waals surface area contributed by atoms with Gasteiger partial charge in [0.2, 0.25) is 0 Å². The lowest BCUT2D eigenvalue weighted by Crippen LogP contribution is -1.95. The van der Waals surface area contributed by atoms with Crippen LogP contribution >= 0.6 is 0 Å². The molecule has 0 unspecified atom stereocenters. The second-order valence-electron chi connectivity index (χ2n) is 4.54. The van der Waals surface area contributed by atoms with E-state index in [0.717, 1.165) is 16.7 Å². The van der Waals surface area contributed by atoms with Crippen LogP contribution in [0.15, 0.2) is 95.7 Å². The Morgan fingerprint density at radius 3 is 2.64 bits per heavy atom. The Morgan fingerprint density at radius 2 is 2.05 bits per heavy atom. The molecule has 0 saturated carbocycles. The maximum Gasteiger partial charge on any atom is 0.127 e. The smallest absolute Gasteiger partial charge is 0.127 e. The topological polar surface area (TPSA) is 33.0 Å². The highest BCUT2D eigenvalue weighted by molar-refractivity contribution is 5.80. The number of methoxy groups -OCH3 is 1. The normalized spacial score (nSPS) is 13.5.